The summed E-state index contributed by atoms with van der Waals surface area (Å²) in [5, 5.41) is 7.43. The van der Waals surface area contributed by atoms with Gasteiger partial charge in [0.05, 0.1) is 0 Å². The third-order valence-corrected chi connectivity index (χ3v) is 0.748. The average molecular weight is 180 g/mol. The van der Waals surface area contributed by atoms with Crippen LogP contribution in [-0.2, 0) is 0 Å². The molecule has 0 rings (SSSR count). The van der Waals surface area contributed by atoms with Crippen LogP contribution in [0.5, 0.6) is 0 Å². The molecular formula is C4H2F6O. The van der Waals surface area contributed by atoms with Crippen LogP contribution in [0.3, 0.4) is 0 Å². The summed E-state index contributed by atoms with van der Waals surface area (Å²) in [4.78, 5) is 0. The molecule has 7 heteroatoms. The molecule has 0 saturated heterocycles. The minimum absolute atomic E-state index is 2.93. The zero-order valence-electron chi connectivity index (χ0n) is 4.79. The Bertz CT molecular complexity index is 169. The number of aliphatic hydroxyl groups is 1. The summed E-state index contributed by atoms with van der Waals surface area (Å²) in [6.07, 6.45) is -4.39. The van der Waals surface area contributed by atoms with Gasteiger partial charge in [-0.1, -0.05) is 0 Å². The van der Waals surface area contributed by atoms with Gasteiger partial charge in [-0.3, -0.25) is 0 Å². The lowest BCUT2D eigenvalue weighted by Crippen LogP contribution is -2.27. The first kappa shape index (κ1) is 10.1. The van der Waals surface area contributed by atoms with Crippen molar-refractivity contribution in [2.24, 2.45) is 0 Å². The molecule has 0 aromatic heterocycles. The van der Waals surface area contributed by atoms with E-state index in [1.807, 2.05) is 0 Å². The topological polar surface area (TPSA) is 20.2 Å². The van der Waals surface area contributed by atoms with Crippen LogP contribution in [0.1, 0.15) is 0 Å². The molecule has 11 heavy (non-hydrogen) atoms. The number of halogens is 6. The Morgan fingerprint density at radius 1 is 1.18 bits per heavy atom. The van der Waals surface area contributed by atoms with Gasteiger partial charge in [0.1, 0.15) is 0 Å². The molecule has 1 N–H and O–H groups in total. The average Bonchev–Trinajstić information content (AvgIpc) is 1.85. The molecule has 0 aliphatic heterocycles. The smallest absolute Gasteiger partial charge is 0.364 e. The van der Waals surface area contributed by atoms with Crippen molar-refractivity contribution in [3.8, 4) is 0 Å². The van der Waals surface area contributed by atoms with E-state index in [0.717, 1.165) is 0 Å². The SMILES string of the molecule is O/C(F)=C(\F)C(F)(F)C(F)F. The van der Waals surface area contributed by atoms with E-state index < -0.39 is 24.2 Å². The summed E-state index contributed by atoms with van der Waals surface area (Å²) in [6.45, 7) is 0. The number of alkyl halides is 4. The van der Waals surface area contributed by atoms with Gasteiger partial charge in [0.25, 0.3) is 0 Å². The molecule has 0 heterocycles. The maximum atomic E-state index is 11.6. The van der Waals surface area contributed by atoms with Crippen LogP contribution in [0.15, 0.2) is 11.8 Å². The minimum atomic E-state index is -5.27. The summed E-state index contributed by atoms with van der Waals surface area (Å²) in [6, 6.07) is -2.93. The van der Waals surface area contributed by atoms with E-state index in [1.54, 1.807) is 0 Å². The Kier molecular flexibility index (Phi) is 2.77. The Balaban J connectivity index is 4.70. The van der Waals surface area contributed by atoms with Crippen molar-refractivity contribution in [1.29, 1.82) is 0 Å². The van der Waals surface area contributed by atoms with Crippen LogP contribution in [0.25, 0.3) is 0 Å². The Morgan fingerprint density at radius 2 is 1.55 bits per heavy atom. The molecule has 0 aromatic carbocycles. The van der Waals surface area contributed by atoms with Gasteiger partial charge in [0, 0.05) is 0 Å². The lowest BCUT2D eigenvalue weighted by Gasteiger charge is -2.11. The second-order valence-corrected chi connectivity index (χ2v) is 1.53. The van der Waals surface area contributed by atoms with E-state index >= 15 is 0 Å². The maximum Gasteiger partial charge on any atom is 0.364 e. The summed E-state index contributed by atoms with van der Waals surface area (Å²) in [5.74, 6) is -8.42. The molecule has 0 bridgehead atoms. The van der Waals surface area contributed by atoms with Crippen molar-refractivity contribution < 1.29 is 31.4 Å². The zero-order chi connectivity index (χ0) is 9.23. The Labute approximate surface area is 56.9 Å². The van der Waals surface area contributed by atoms with Crippen molar-refractivity contribution in [2.45, 2.75) is 12.3 Å². The van der Waals surface area contributed by atoms with Crippen LogP contribution >= 0.6 is 0 Å². The van der Waals surface area contributed by atoms with Crippen LogP contribution in [0.4, 0.5) is 26.3 Å². The van der Waals surface area contributed by atoms with E-state index in [1.165, 1.54) is 0 Å². The first-order valence-electron chi connectivity index (χ1n) is 2.20. The minimum Gasteiger partial charge on any atom is -0.484 e. The van der Waals surface area contributed by atoms with Gasteiger partial charge in [0.15, 0.2) is 0 Å². The highest BCUT2D eigenvalue weighted by molar-refractivity contribution is 5.05. The Hall–Kier alpha value is -0.880. The third kappa shape index (κ3) is 2.02. The molecule has 0 aromatic rings. The van der Waals surface area contributed by atoms with Crippen molar-refractivity contribution in [1.82, 2.24) is 0 Å². The van der Waals surface area contributed by atoms with Gasteiger partial charge in [-0.05, 0) is 0 Å². The first-order valence-corrected chi connectivity index (χ1v) is 2.20. The normalized spacial score (nSPS) is 15.2. The van der Waals surface area contributed by atoms with Crippen molar-refractivity contribution in [2.75, 3.05) is 0 Å². The predicted octanol–water partition coefficient (Wildman–Crippen LogP) is 2.55. The molecule has 0 radical (unpaired) electrons. The van der Waals surface area contributed by atoms with E-state index in [9.17, 15) is 26.3 Å². The van der Waals surface area contributed by atoms with Crippen molar-refractivity contribution in [3.05, 3.63) is 11.8 Å². The molecular weight excluding hydrogens is 178 g/mol. The molecule has 0 fully saturated rings. The standard InChI is InChI=1S/C4H2F6O/c5-1(2(6)11)4(9,10)3(7)8/h3,11H/b2-1-. The zero-order valence-corrected chi connectivity index (χ0v) is 4.79. The van der Waals surface area contributed by atoms with Crippen molar-refractivity contribution in [3.63, 3.8) is 0 Å². The molecule has 0 aliphatic rings. The van der Waals surface area contributed by atoms with Crippen LogP contribution < -0.4 is 0 Å². The molecule has 0 amide bonds. The largest absolute Gasteiger partial charge is 0.484 e. The molecule has 0 saturated carbocycles. The molecule has 0 unspecified atom stereocenters. The quantitative estimate of drug-likeness (QED) is 0.511. The van der Waals surface area contributed by atoms with Gasteiger partial charge in [-0.15, -0.1) is 0 Å². The van der Waals surface area contributed by atoms with Crippen molar-refractivity contribution >= 4 is 0 Å². The van der Waals surface area contributed by atoms with Crippen LogP contribution in [-0.4, -0.2) is 17.5 Å². The number of hydrogen-bond donors (Lipinski definition) is 1. The highest BCUT2D eigenvalue weighted by Crippen LogP contribution is 2.33. The summed E-state index contributed by atoms with van der Waals surface area (Å²) in [7, 11) is 0. The van der Waals surface area contributed by atoms with Crippen LogP contribution in [0, 0.1) is 0 Å². The maximum absolute atomic E-state index is 11.6. The lowest BCUT2D eigenvalue weighted by molar-refractivity contribution is -0.117. The second-order valence-electron chi connectivity index (χ2n) is 1.53. The van der Waals surface area contributed by atoms with E-state index in [0.29, 0.717) is 0 Å². The number of rotatable bonds is 2. The van der Waals surface area contributed by atoms with E-state index in [2.05, 4.69) is 0 Å². The second kappa shape index (κ2) is 3.02. The molecule has 0 atom stereocenters. The summed E-state index contributed by atoms with van der Waals surface area (Å²) in [5.41, 5.74) is 0. The predicted molar refractivity (Wildman–Crippen MR) is 22.8 cm³/mol. The Morgan fingerprint density at radius 3 is 1.64 bits per heavy atom. The molecule has 0 spiro atoms. The van der Waals surface area contributed by atoms with Gasteiger partial charge in [-0.25, -0.2) is 8.78 Å². The molecule has 1 nitrogen and oxygen atoms in total. The lowest BCUT2D eigenvalue weighted by atomic mass is 10.3. The molecule has 66 valence electrons. The van der Waals surface area contributed by atoms with Crippen LogP contribution in [0.2, 0.25) is 0 Å². The fraction of sp³-hybridized carbons (Fsp3) is 0.500. The van der Waals surface area contributed by atoms with Gasteiger partial charge in [0.2, 0.25) is 5.83 Å². The fourth-order valence-electron chi connectivity index (χ4n) is 0.233. The number of allylic oxidation sites excluding steroid dienone is 1. The highest BCUT2D eigenvalue weighted by atomic mass is 19.3. The monoisotopic (exact) mass is 180 g/mol. The third-order valence-electron chi connectivity index (χ3n) is 0.748. The van der Waals surface area contributed by atoms with Gasteiger partial charge >= 0.3 is 18.4 Å². The number of hydrogen-bond acceptors (Lipinski definition) is 1. The highest BCUT2D eigenvalue weighted by Gasteiger charge is 2.48. The van der Waals surface area contributed by atoms with Gasteiger partial charge < -0.3 is 5.11 Å². The summed E-state index contributed by atoms with van der Waals surface area (Å²) >= 11 is 0. The fourth-order valence-corrected chi connectivity index (χ4v) is 0.233. The first-order chi connectivity index (χ1) is 4.80. The van der Waals surface area contributed by atoms with E-state index in [-0.39, 0.29) is 0 Å². The van der Waals surface area contributed by atoms with E-state index in [4.69, 9.17) is 5.11 Å². The summed E-state index contributed by atoms with van der Waals surface area (Å²) < 4.78 is 68.2. The molecule has 0 aliphatic carbocycles. The van der Waals surface area contributed by atoms with Gasteiger partial charge in [-0.2, -0.15) is 17.6 Å². The number of aliphatic hydroxyl groups excluding tert-OH is 1.